The zero-order valence-corrected chi connectivity index (χ0v) is 17.5. The number of aryl methyl sites for hydroxylation is 2. The Morgan fingerprint density at radius 1 is 1.04 bits per heavy atom. The van der Waals surface area contributed by atoms with Crippen molar-refractivity contribution in [3.63, 3.8) is 0 Å². The number of carbonyl (C=O) groups is 2. The van der Waals surface area contributed by atoms with Gasteiger partial charge in [0.2, 0.25) is 11.8 Å². The molecular formula is C24H32N2O2. The number of rotatable bonds is 9. The summed E-state index contributed by atoms with van der Waals surface area (Å²) in [7, 11) is 0. The van der Waals surface area contributed by atoms with E-state index in [1.807, 2.05) is 69.3 Å². The van der Waals surface area contributed by atoms with Crippen molar-refractivity contribution in [2.45, 2.75) is 59.5 Å². The van der Waals surface area contributed by atoms with Crippen LogP contribution in [0.2, 0.25) is 0 Å². The molecule has 1 atom stereocenters. The van der Waals surface area contributed by atoms with Crippen LogP contribution in [-0.2, 0) is 22.6 Å². The van der Waals surface area contributed by atoms with E-state index in [9.17, 15) is 9.59 Å². The van der Waals surface area contributed by atoms with Gasteiger partial charge in [-0.2, -0.15) is 0 Å². The highest BCUT2D eigenvalue weighted by Crippen LogP contribution is 2.15. The van der Waals surface area contributed by atoms with E-state index in [1.165, 1.54) is 5.56 Å². The number of nitrogens with zero attached hydrogens (tertiary/aromatic N) is 1. The maximum absolute atomic E-state index is 13.2. The van der Waals surface area contributed by atoms with Crippen LogP contribution in [0.25, 0.3) is 0 Å². The van der Waals surface area contributed by atoms with Gasteiger partial charge in [0.25, 0.3) is 0 Å². The lowest BCUT2D eigenvalue weighted by Crippen LogP contribution is -2.48. The SMILES string of the molecule is CCCCNC(=O)C(C)N(Cc1ccc(C)cc1)C(=O)Cc1ccccc1C. The van der Waals surface area contributed by atoms with Crippen molar-refractivity contribution in [2.75, 3.05) is 6.54 Å². The van der Waals surface area contributed by atoms with E-state index in [-0.39, 0.29) is 11.8 Å². The summed E-state index contributed by atoms with van der Waals surface area (Å²) in [4.78, 5) is 27.5. The first kappa shape index (κ1) is 21.7. The summed E-state index contributed by atoms with van der Waals surface area (Å²) in [6, 6.07) is 15.5. The lowest BCUT2D eigenvalue weighted by Gasteiger charge is -2.29. The molecule has 2 aromatic carbocycles. The molecule has 0 saturated heterocycles. The third-order valence-electron chi connectivity index (χ3n) is 5.07. The lowest BCUT2D eigenvalue weighted by atomic mass is 10.0. The largest absolute Gasteiger partial charge is 0.354 e. The van der Waals surface area contributed by atoms with Gasteiger partial charge in [0, 0.05) is 13.1 Å². The van der Waals surface area contributed by atoms with Crippen molar-refractivity contribution < 1.29 is 9.59 Å². The summed E-state index contributed by atoms with van der Waals surface area (Å²) < 4.78 is 0. The average Bonchev–Trinajstić information content (AvgIpc) is 2.68. The molecule has 0 aliphatic rings. The Kier molecular flexibility index (Phi) is 8.24. The zero-order chi connectivity index (χ0) is 20.5. The quantitative estimate of drug-likeness (QED) is 0.664. The average molecular weight is 381 g/mol. The second-order valence-electron chi connectivity index (χ2n) is 7.43. The standard InChI is InChI=1S/C24H32N2O2/c1-5-6-15-25-24(28)20(4)26(17-21-13-11-18(2)12-14-21)23(27)16-22-10-8-7-9-19(22)3/h7-14,20H,5-6,15-17H2,1-4H3,(H,25,28). The number of carbonyl (C=O) groups excluding carboxylic acids is 2. The highest BCUT2D eigenvalue weighted by atomic mass is 16.2. The van der Waals surface area contributed by atoms with Crippen molar-refractivity contribution in [3.8, 4) is 0 Å². The molecule has 28 heavy (non-hydrogen) atoms. The van der Waals surface area contributed by atoms with E-state index >= 15 is 0 Å². The van der Waals surface area contributed by atoms with Crippen LogP contribution in [0.1, 0.15) is 48.9 Å². The number of benzene rings is 2. The van der Waals surface area contributed by atoms with Crippen LogP contribution in [0.5, 0.6) is 0 Å². The van der Waals surface area contributed by atoms with Gasteiger partial charge in [-0.25, -0.2) is 0 Å². The van der Waals surface area contributed by atoms with E-state index in [4.69, 9.17) is 0 Å². The lowest BCUT2D eigenvalue weighted by molar-refractivity contribution is -0.140. The highest BCUT2D eigenvalue weighted by molar-refractivity contribution is 5.88. The number of amides is 2. The van der Waals surface area contributed by atoms with Gasteiger partial charge < -0.3 is 10.2 Å². The first-order valence-corrected chi connectivity index (χ1v) is 10.1. The third kappa shape index (κ3) is 6.22. The Balaban J connectivity index is 2.18. The van der Waals surface area contributed by atoms with E-state index in [1.54, 1.807) is 4.90 Å². The second-order valence-corrected chi connectivity index (χ2v) is 7.43. The van der Waals surface area contributed by atoms with Gasteiger partial charge in [0.05, 0.1) is 6.42 Å². The van der Waals surface area contributed by atoms with E-state index in [0.717, 1.165) is 29.5 Å². The Morgan fingerprint density at radius 2 is 1.71 bits per heavy atom. The number of hydrogen-bond acceptors (Lipinski definition) is 2. The normalized spacial score (nSPS) is 11.7. The minimum atomic E-state index is -0.519. The van der Waals surface area contributed by atoms with Gasteiger partial charge in [0.15, 0.2) is 0 Å². The molecule has 0 saturated carbocycles. The zero-order valence-electron chi connectivity index (χ0n) is 17.5. The molecule has 1 N–H and O–H groups in total. The predicted octanol–water partition coefficient (Wildman–Crippen LogP) is 4.18. The smallest absolute Gasteiger partial charge is 0.242 e. The van der Waals surface area contributed by atoms with Gasteiger partial charge in [0.1, 0.15) is 6.04 Å². The number of unbranched alkanes of at least 4 members (excludes halogenated alkanes) is 1. The summed E-state index contributed by atoms with van der Waals surface area (Å²) in [5.74, 6) is -0.133. The summed E-state index contributed by atoms with van der Waals surface area (Å²) in [5, 5.41) is 2.96. The fourth-order valence-electron chi connectivity index (χ4n) is 3.08. The van der Waals surface area contributed by atoms with Gasteiger partial charge in [-0.1, -0.05) is 67.4 Å². The maximum Gasteiger partial charge on any atom is 0.242 e. The molecule has 0 aliphatic heterocycles. The molecule has 0 heterocycles. The highest BCUT2D eigenvalue weighted by Gasteiger charge is 2.26. The Hall–Kier alpha value is -2.62. The molecule has 0 aliphatic carbocycles. The summed E-state index contributed by atoms with van der Waals surface area (Å²) in [6.07, 6.45) is 2.26. The van der Waals surface area contributed by atoms with Gasteiger partial charge in [-0.3, -0.25) is 9.59 Å². The Morgan fingerprint density at radius 3 is 2.36 bits per heavy atom. The van der Waals surface area contributed by atoms with Crippen LogP contribution in [-0.4, -0.2) is 29.3 Å². The van der Waals surface area contributed by atoms with Gasteiger partial charge in [-0.05, 0) is 43.9 Å². The van der Waals surface area contributed by atoms with Crippen molar-refractivity contribution >= 4 is 11.8 Å². The molecule has 0 fully saturated rings. The van der Waals surface area contributed by atoms with Crippen molar-refractivity contribution in [3.05, 3.63) is 70.8 Å². The van der Waals surface area contributed by atoms with Crippen LogP contribution in [0.3, 0.4) is 0 Å². The Bertz CT molecular complexity index is 783. The summed E-state index contributed by atoms with van der Waals surface area (Å²) in [6.45, 7) is 9.01. The first-order valence-electron chi connectivity index (χ1n) is 10.1. The minimum Gasteiger partial charge on any atom is -0.354 e. The van der Waals surface area contributed by atoms with Crippen molar-refractivity contribution in [1.82, 2.24) is 10.2 Å². The fourth-order valence-corrected chi connectivity index (χ4v) is 3.08. The molecule has 150 valence electrons. The fraction of sp³-hybridized carbons (Fsp3) is 0.417. The van der Waals surface area contributed by atoms with Crippen LogP contribution in [0.15, 0.2) is 48.5 Å². The Labute approximate surface area is 169 Å². The molecule has 0 spiro atoms. The second kappa shape index (κ2) is 10.6. The van der Waals surface area contributed by atoms with Crippen molar-refractivity contribution in [2.24, 2.45) is 0 Å². The predicted molar refractivity (Wildman–Crippen MR) is 114 cm³/mol. The monoisotopic (exact) mass is 380 g/mol. The third-order valence-corrected chi connectivity index (χ3v) is 5.07. The summed E-state index contributed by atoms with van der Waals surface area (Å²) >= 11 is 0. The minimum absolute atomic E-state index is 0.0342. The van der Waals surface area contributed by atoms with Gasteiger partial charge >= 0.3 is 0 Å². The van der Waals surface area contributed by atoms with Crippen LogP contribution >= 0.6 is 0 Å². The molecule has 0 radical (unpaired) electrons. The van der Waals surface area contributed by atoms with Crippen LogP contribution < -0.4 is 5.32 Å². The molecule has 2 rings (SSSR count). The van der Waals surface area contributed by atoms with E-state index in [0.29, 0.717) is 19.5 Å². The first-order chi connectivity index (χ1) is 13.4. The maximum atomic E-state index is 13.2. The molecule has 4 nitrogen and oxygen atoms in total. The van der Waals surface area contributed by atoms with Gasteiger partial charge in [-0.15, -0.1) is 0 Å². The van der Waals surface area contributed by atoms with E-state index in [2.05, 4.69) is 12.2 Å². The van der Waals surface area contributed by atoms with Crippen LogP contribution in [0, 0.1) is 13.8 Å². The molecule has 0 bridgehead atoms. The van der Waals surface area contributed by atoms with E-state index < -0.39 is 6.04 Å². The summed E-state index contributed by atoms with van der Waals surface area (Å²) in [5.41, 5.74) is 4.29. The molecule has 2 aromatic rings. The topological polar surface area (TPSA) is 49.4 Å². The number of nitrogens with one attached hydrogen (secondary N) is 1. The molecule has 0 aromatic heterocycles. The number of hydrogen-bond donors (Lipinski definition) is 1. The molecular weight excluding hydrogens is 348 g/mol. The van der Waals surface area contributed by atoms with Crippen LogP contribution in [0.4, 0.5) is 0 Å². The van der Waals surface area contributed by atoms with Crippen molar-refractivity contribution in [1.29, 1.82) is 0 Å². The molecule has 1 unspecified atom stereocenters. The molecule has 4 heteroatoms. The molecule has 2 amide bonds.